The van der Waals surface area contributed by atoms with Gasteiger partial charge in [-0.3, -0.25) is 4.79 Å². The number of hydrazone groups is 1. The first-order valence-corrected chi connectivity index (χ1v) is 10.4. The second-order valence-corrected chi connectivity index (χ2v) is 7.29. The first kappa shape index (κ1) is 23.8. The third-order valence-electron chi connectivity index (χ3n) is 4.73. The third kappa shape index (κ3) is 6.33. The SMILES string of the molecule is COC(=O)COc1c(Cl)cc(/C=N/NC(=O)C(c2ccccc2)c2ccccc2)cc1OC. The van der Waals surface area contributed by atoms with Crippen LogP contribution >= 0.6 is 11.6 Å². The molecule has 0 bridgehead atoms. The van der Waals surface area contributed by atoms with Gasteiger partial charge in [0.15, 0.2) is 18.1 Å². The van der Waals surface area contributed by atoms with Gasteiger partial charge in [-0.15, -0.1) is 0 Å². The van der Waals surface area contributed by atoms with Crippen molar-refractivity contribution in [2.24, 2.45) is 5.10 Å². The minimum absolute atomic E-state index is 0.207. The molecule has 0 unspecified atom stereocenters. The van der Waals surface area contributed by atoms with Crippen molar-refractivity contribution in [3.63, 3.8) is 0 Å². The van der Waals surface area contributed by atoms with Gasteiger partial charge in [-0.05, 0) is 28.8 Å². The second kappa shape index (κ2) is 11.7. The van der Waals surface area contributed by atoms with E-state index in [1.54, 1.807) is 12.1 Å². The number of benzene rings is 3. The van der Waals surface area contributed by atoms with Gasteiger partial charge in [-0.2, -0.15) is 5.10 Å². The predicted octanol–water partition coefficient (Wildman–Crippen LogP) is 4.18. The molecule has 0 spiro atoms. The van der Waals surface area contributed by atoms with Crippen molar-refractivity contribution in [3.05, 3.63) is 94.5 Å². The summed E-state index contributed by atoms with van der Waals surface area (Å²) in [4.78, 5) is 24.4. The molecule has 0 fully saturated rings. The van der Waals surface area contributed by atoms with E-state index in [2.05, 4.69) is 15.3 Å². The fraction of sp³-hybridized carbons (Fsp3) is 0.160. The highest BCUT2D eigenvalue weighted by atomic mass is 35.5. The van der Waals surface area contributed by atoms with Gasteiger partial charge in [-0.25, -0.2) is 10.2 Å². The number of hydrogen-bond donors (Lipinski definition) is 1. The molecule has 0 saturated carbocycles. The molecule has 0 aromatic heterocycles. The van der Waals surface area contributed by atoms with E-state index >= 15 is 0 Å². The number of nitrogens with one attached hydrogen (secondary N) is 1. The van der Waals surface area contributed by atoms with E-state index in [4.69, 9.17) is 21.1 Å². The van der Waals surface area contributed by atoms with E-state index in [1.807, 2.05) is 60.7 Å². The van der Waals surface area contributed by atoms with E-state index < -0.39 is 11.9 Å². The van der Waals surface area contributed by atoms with Crippen LogP contribution in [0.4, 0.5) is 0 Å². The fourth-order valence-electron chi connectivity index (χ4n) is 3.17. The third-order valence-corrected chi connectivity index (χ3v) is 5.01. The van der Waals surface area contributed by atoms with Crippen LogP contribution in [0.15, 0.2) is 77.9 Å². The molecule has 3 aromatic rings. The van der Waals surface area contributed by atoms with Crippen LogP contribution in [0.1, 0.15) is 22.6 Å². The zero-order valence-electron chi connectivity index (χ0n) is 18.2. The molecule has 1 amide bonds. The highest BCUT2D eigenvalue weighted by Crippen LogP contribution is 2.36. The average molecular weight is 467 g/mol. The molecule has 0 saturated heterocycles. The van der Waals surface area contributed by atoms with Crippen LogP contribution in [0.25, 0.3) is 0 Å². The molecule has 0 aliphatic rings. The van der Waals surface area contributed by atoms with Crippen molar-refractivity contribution in [3.8, 4) is 11.5 Å². The standard InChI is InChI=1S/C25H23ClN2O5/c1-31-21-14-17(13-20(26)24(21)33-16-22(29)32-2)15-27-28-25(30)23(18-9-5-3-6-10-18)19-11-7-4-8-12-19/h3-15,23H,16H2,1-2H3,(H,28,30)/b27-15+. The molecule has 0 aliphatic heterocycles. The van der Waals surface area contributed by atoms with Gasteiger partial charge in [0, 0.05) is 0 Å². The van der Waals surface area contributed by atoms with Crippen molar-refractivity contribution in [1.29, 1.82) is 0 Å². The number of nitrogens with zero attached hydrogens (tertiary/aromatic N) is 1. The molecule has 170 valence electrons. The lowest BCUT2D eigenvalue weighted by Crippen LogP contribution is -2.26. The fourth-order valence-corrected chi connectivity index (χ4v) is 3.44. The van der Waals surface area contributed by atoms with E-state index in [1.165, 1.54) is 20.4 Å². The lowest BCUT2D eigenvalue weighted by atomic mass is 9.91. The van der Waals surface area contributed by atoms with Crippen molar-refractivity contribution in [2.75, 3.05) is 20.8 Å². The van der Waals surface area contributed by atoms with Crippen LogP contribution in [-0.2, 0) is 14.3 Å². The smallest absolute Gasteiger partial charge is 0.343 e. The first-order valence-electron chi connectivity index (χ1n) is 10.0. The van der Waals surface area contributed by atoms with Gasteiger partial charge in [0.05, 0.1) is 31.4 Å². The number of esters is 1. The molecule has 7 nitrogen and oxygen atoms in total. The summed E-state index contributed by atoms with van der Waals surface area (Å²) in [5.74, 6) is -0.825. The Morgan fingerprint density at radius 3 is 2.15 bits per heavy atom. The van der Waals surface area contributed by atoms with Crippen molar-refractivity contribution >= 4 is 29.7 Å². The van der Waals surface area contributed by atoms with Gasteiger partial charge >= 0.3 is 5.97 Å². The molecular formula is C25H23ClN2O5. The molecular weight excluding hydrogens is 444 g/mol. The maximum absolute atomic E-state index is 13.0. The summed E-state index contributed by atoms with van der Waals surface area (Å²) in [5.41, 5.74) is 4.88. The van der Waals surface area contributed by atoms with Crippen molar-refractivity contribution < 1.29 is 23.8 Å². The molecule has 0 aliphatic carbocycles. The first-order chi connectivity index (χ1) is 16.0. The number of carbonyl (C=O) groups is 2. The summed E-state index contributed by atoms with van der Waals surface area (Å²) in [7, 11) is 2.71. The van der Waals surface area contributed by atoms with Gasteiger partial charge in [0.2, 0.25) is 0 Å². The number of rotatable bonds is 9. The van der Waals surface area contributed by atoms with Crippen LogP contribution in [0.3, 0.4) is 0 Å². The summed E-state index contributed by atoms with van der Waals surface area (Å²) in [6, 6.07) is 22.2. The van der Waals surface area contributed by atoms with Crippen molar-refractivity contribution in [2.45, 2.75) is 5.92 Å². The Bertz CT molecular complexity index is 1080. The highest BCUT2D eigenvalue weighted by Gasteiger charge is 2.22. The number of halogens is 1. The normalized spacial score (nSPS) is 10.8. The zero-order valence-corrected chi connectivity index (χ0v) is 18.9. The van der Waals surface area contributed by atoms with Crippen LogP contribution in [-0.4, -0.2) is 38.9 Å². The molecule has 0 atom stereocenters. The minimum Gasteiger partial charge on any atom is -0.493 e. The molecule has 0 heterocycles. The van der Waals surface area contributed by atoms with Crippen molar-refractivity contribution in [1.82, 2.24) is 5.43 Å². The van der Waals surface area contributed by atoms with Gasteiger partial charge in [0.25, 0.3) is 5.91 Å². The Labute approximate surface area is 196 Å². The van der Waals surface area contributed by atoms with E-state index in [-0.39, 0.29) is 23.3 Å². The maximum atomic E-state index is 13.0. The summed E-state index contributed by atoms with van der Waals surface area (Å²) in [5, 5.41) is 4.31. The van der Waals surface area contributed by atoms with Crippen LogP contribution in [0.5, 0.6) is 11.5 Å². The number of methoxy groups -OCH3 is 2. The van der Waals surface area contributed by atoms with Gasteiger partial charge in [0.1, 0.15) is 0 Å². The predicted molar refractivity (Wildman–Crippen MR) is 126 cm³/mol. The van der Waals surface area contributed by atoms with Gasteiger partial charge in [-0.1, -0.05) is 72.3 Å². The number of ether oxygens (including phenoxy) is 3. The summed E-state index contributed by atoms with van der Waals surface area (Å²) in [6.45, 7) is -0.309. The molecule has 3 aromatic carbocycles. The summed E-state index contributed by atoms with van der Waals surface area (Å²) < 4.78 is 15.3. The molecule has 8 heteroatoms. The Morgan fingerprint density at radius 1 is 1.00 bits per heavy atom. The average Bonchev–Trinajstić information content (AvgIpc) is 2.84. The van der Waals surface area contributed by atoms with Crippen LogP contribution in [0, 0.1) is 0 Å². The second-order valence-electron chi connectivity index (χ2n) is 6.89. The van der Waals surface area contributed by atoms with E-state index in [0.717, 1.165) is 11.1 Å². The maximum Gasteiger partial charge on any atom is 0.343 e. The topological polar surface area (TPSA) is 86.2 Å². The molecule has 0 radical (unpaired) electrons. The van der Waals surface area contributed by atoms with Crippen LogP contribution < -0.4 is 14.9 Å². The molecule has 33 heavy (non-hydrogen) atoms. The quantitative estimate of drug-likeness (QED) is 0.290. The Balaban J connectivity index is 1.77. The number of amides is 1. The molecule has 3 rings (SSSR count). The van der Waals surface area contributed by atoms with Gasteiger partial charge < -0.3 is 14.2 Å². The zero-order chi connectivity index (χ0) is 23.6. The lowest BCUT2D eigenvalue weighted by Gasteiger charge is -2.16. The highest BCUT2D eigenvalue weighted by molar-refractivity contribution is 6.32. The van der Waals surface area contributed by atoms with E-state index in [0.29, 0.717) is 11.3 Å². The summed E-state index contributed by atoms with van der Waals surface area (Å²) >= 11 is 6.29. The largest absolute Gasteiger partial charge is 0.493 e. The Hall–Kier alpha value is -3.84. The Morgan fingerprint density at radius 2 is 1.61 bits per heavy atom. The number of carbonyl (C=O) groups excluding carboxylic acids is 2. The summed E-state index contributed by atoms with van der Waals surface area (Å²) in [6.07, 6.45) is 1.45. The number of hydrogen-bond acceptors (Lipinski definition) is 6. The van der Waals surface area contributed by atoms with Crippen LogP contribution in [0.2, 0.25) is 5.02 Å². The minimum atomic E-state index is -0.548. The molecule has 1 N–H and O–H groups in total. The monoisotopic (exact) mass is 466 g/mol. The Kier molecular flexibility index (Phi) is 8.43. The lowest BCUT2D eigenvalue weighted by molar-refractivity contribution is -0.142. The van der Waals surface area contributed by atoms with E-state index in [9.17, 15) is 9.59 Å².